The predicted molar refractivity (Wildman–Crippen MR) is 76.4 cm³/mol. The molecular formula is C11H11N5OS2. The van der Waals surface area contributed by atoms with Gasteiger partial charge in [0.1, 0.15) is 10.7 Å². The third kappa shape index (κ3) is 2.32. The standard InChI is InChI=1S/C11H11N5OS2/c1-5(10-15-16-11(12)19-10)13-9(17)7-4-8-6(14-7)2-3-18-8/h2-5,14H,1H3,(H2,12,16)(H,13,17)/t5-/m0/s1. The topological polar surface area (TPSA) is 96.7 Å². The van der Waals surface area contributed by atoms with Gasteiger partial charge >= 0.3 is 0 Å². The number of nitrogens with one attached hydrogen (secondary N) is 2. The molecule has 3 heterocycles. The molecule has 0 unspecified atom stereocenters. The maximum Gasteiger partial charge on any atom is 0.268 e. The number of carbonyl (C=O) groups excluding carboxylic acids is 1. The summed E-state index contributed by atoms with van der Waals surface area (Å²) in [5.41, 5.74) is 7.05. The number of fused-ring (bicyclic) bond motifs is 1. The van der Waals surface area contributed by atoms with Crippen LogP contribution in [0.5, 0.6) is 0 Å². The molecule has 6 nitrogen and oxygen atoms in total. The van der Waals surface area contributed by atoms with Crippen LogP contribution < -0.4 is 11.1 Å². The lowest BCUT2D eigenvalue weighted by molar-refractivity contribution is 0.0935. The number of nitrogens with two attached hydrogens (primary N) is 1. The molecule has 1 amide bonds. The SMILES string of the molecule is C[C@H](NC(=O)c1cc2sccc2[nH]1)c1nnc(N)s1. The van der Waals surface area contributed by atoms with E-state index >= 15 is 0 Å². The van der Waals surface area contributed by atoms with Gasteiger partial charge in [0.25, 0.3) is 5.91 Å². The molecule has 1 atom stereocenters. The Kier molecular flexibility index (Phi) is 2.96. The number of thiophene rings is 1. The fourth-order valence-electron chi connectivity index (χ4n) is 1.73. The van der Waals surface area contributed by atoms with Crippen LogP contribution in [0.15, 0.2) is 17.5 Å². The van der Waals surface area contributed by atoms with Crippen LogP contribution in [0.1, 0.15) is 28.5 Å². The summed E-state index contributed by atoms with van der Waals surface area (Å²) in [4.78, 5) is 15.2. The minimum atomic E-state index is -0.219. The number of hydrogen-bond acceptors (Lipinski definition) is 6. The maximum absolute atomic E-state index is 12.1. The summed E-state index contributed by atoms with van der Waals surface area (Å²) in [7, 11) is 0. The molecule has 3 aromatic heterocycles. The number of hydrogen-bond donors (Lipinski definition) is 3. The molecule has 0 saturated heterocycles. The van der Waals surface area contributed by atoms with Crippen molar-refractivity contribution in [3.05, 3.63) is 28.2 Å². The average molecular weight is 293 g/mol. The van der Waals surface area contributed by atoms with E-state index in [9.17, 15) is 4.79 Å². The molecule has 0 fully saturated rings. The minimum absolute atomic E-state index is 0.162. The Morgan fingerprint density at radius 2 is 2.37 bits per heavy atom. The molecule has 0 bridgehead atoms. The first-order valence-electron chi connectivity index (χ1n) is 5.59. The number of H-pyrrole nitrogens is 1. The van der Waals surface area contributed by atoms with Crippen molar-refractivity contribution in [1.29, 1.82) is 0 Å². The van der Waals surface area contributed by atoms with Crippen LogP contribution in [-0.2, 0) is 0 Å². The predicted octanol–water partition coefficient (Wildman–Crippen LogP) is 2.15. The molecule has 3 rings (SSSR count). The molecule has 0 aliphatic heterocycles. The van der Waals surface area contributed by atoms with E-state index in [4.69, 9.17) is 5.73 Å². The van der Waals surface area contributed by atoms with Crippen LogP contribution >= 0.6 is 22.7 Å². The summed E-state index contributed by atoms with van der Waals surface area (Å²) < 4.78 is 1.07. The Hall–Kier alpha value is -1.93. The number of anilines is 1. The molecule has 98 valence electrons. The Labute approximate surface area is 116 Å². The monoisotopic (exact) mass is 293 g/mol. The summed E-state index contributed by atoms with van der Waals surface area (Å²) in [5, 5.41) is 13.6. The van der Waals surface area contributed by atoms with E-state index in [1.54, 1.807) is 11.3 Å². The van der Waals surface area contributed by atoms with Gasteiger partial charge < -0.3 is 16.0 Å². The molecule has 19 heavy (non-hydrogen) atoms. The van der Waals surface area contributed by atoms with Crippen LogP contribution in [-0.4, -0.2) is 21.1 Å². The van der Waals surface area contributed by atoms with Crippen molar-refractivity contribution in [2.24, 2.45) is 0 Å². The smallest absolute Gasteiger partial charge is 0.268 e. The van der Waals surface area contributed by atoms with E-state index in [2.05, 4.69) is 20.5 Å². The second-order valence-electron chi connectivity index (χ2n) is 4.06. The highest BCUT2D eigenvalue weighted by atomic mass is 32.1. The molecule has 0 aliphatic carbocycles. The minimum Gasteiger partial charge on any atom is -0.374 e. The van der Waals surface area contributed by atoms with E-state index in [0.717, 1.165) is 10.2 Å². The molecule has 4 N–H and O–H groups in total. The first kappa shape index (κ1) is 12.1. The highest BCUT2D eigenvalue weighted by Crippen LogP contribution is 2.22. The number of nitrogen functional groups attached to an aromatic ring is 1. The van der Waals surface area contributed by atoms with Gasteiger partial charge in [0, 0.05) is 0 Å². The van der Waals surface area contributed by atoms with Gasteiger partial charge in [-0.1, -0.05) is 11.3 Å². The molecular weight excluding hydrogens is 282 g/mol. The molecule has 8 heteroatoms. The molecule has 0 aromatic carbocycles. The highest BCUT2D eigenvalue weighted by Gasteiger charge is 2.16. The van der Waals surface area contributed by atoms with Crippen LogP contribution in [0.25, 0.3) is 10.2 Å². The van der Waals surface area contributed by atoms with Gasteiger partial charge in [-0.3, -0.25) is 4.79 Å². The quantitative estimate of drug-likeness (QED) is 0.689. The maximum atomic E-state index is 12.1. The lowest BCUT2D eigenvalue weighted by atomic mass is 10.3. The normalized spacial score (nSPS) is 12.7. The third-order valence-corrected chi connectivity index (χ3v) is 4.46. The molecule has 0 saturated carbocycles. The number of aromatic nitrogens is 3. The van der Waals surface area contributed by atoms with Crippen molar-refractivity contribution in [1.82, 2.24) is 20.5 Å². The van der Waals surface area contributed by atoms with Crippen LogP contribution in [0.3, 0.4) is 0 Å². The first-order chi connectivity index (χ1) is 9.13. The number of carbonyl (C=O) groups is 1. The largest absolute Gasteiger partial charge is 0.374 e. The van der Waals surface area contributed by atoms with Gasteiger partial charge in [-0.25, -0.2) is 0 Å². The van der Waals surface area contributed by atoms with Crippen molar-refractivity contribution in [3.8, 4) is 0 Å². The van der Waals surface area contributed by atoms with Crippen molar-refractivity contribution < 1.29 is 4.79 Å². The van der Waals surface area contributed by atoms with Crippen LogP contribution in [0.2, 0.25) is 0 Å². The van der Waals surface area contributed by atoms with E-state index in [0.29, 0.717) is 15.8 Å². The fraction of sp³-hybridized carbons (Fsp3) is 0.182. The molecule has 3 aromatic rings. The highest BCUT2D eigenvalue weighted by molar-refractivity contribution is 7.17. The van der Waals surface area contributed by atoms with Gasteiger partial charge in [-0.15, -0.1) is 21.5 Å². The first-order valence-corrected chi connectivity index (χ1v) is 7.29. The Bertz CT molecular complexity index is 700. The summed E-state index contributed by atoms with van der Waals surface area (Å²) >= 11 is 2.87. The van der Waals surface area contributed by atoms with Crippen LogP contribution in [0, 0.1) is 0 Å². The molecule has 0 spiro atoms. The number of aromatic amines is 1. The lowest BCUT2D eigenvalue weighted by Crippen LogP contribution is -2.26. The van der Waals surface area contributed by atoms with Crippen LogP contribution in [0.4, 0.5) is 5.13 Å². The summed E-state index contributed by atoms with van der Waals surface area (Å²) in [5.74, 6) is -0.162. The Morgan fingerprint density at radius 3 is 3.05 bits per heavy atom. The average Bonchev–Trinajstić information content (AvgIpc) is 3.02. The van der Waals surface area contributed by atoms with Crippen molar-refractivity contribution in [2.75, 3.05) is 5.73 Å². The lowest BCUT2D eigenvalue weighted by Gasteiger charge is -2.09. The fourth-order valence-corrected chi connectivity index (χ4v) is 3.12. The van der Waals surface area contributed by atoms with Gasteiger partial charge in [0.15, 0.2) is 0 Å². The van der Waals surface area contributed by atoms with E-state index in [1.807, 2.05) is 24.4 Å². The Balaban J connectivity index is 1.76. The van der Waals surface area contributed by atoms with E-state index < -0.39 is 0 Å². The van der Waals surface area contributed by atoms with Crippen molar-refractivity contribution in [2.45, 2.75) is 13.0 Å². The van der Waals surface area contributed by atoms with Crippen molar-refractivity contribution in [3.63, 3.8) is 0 Å². The van der Waals surface area contributed by atoms with Gasteiger partial charge in [-0.05, 0) is 24.4 Å². The van der Waals surface area contributed by atoms with Gasteiger partial charge in [0.05, 0.1) is 16.3 Å². The second-order valence-corrected chi connectivity index (χ2v) is 6.04. The number of rotatable bonds is 3. The zero-order valence-electron chi connectivity index (χ0n) is 10.0. The summed E-state index contributed by atoms with van der Waals surface area (Å²) in [6.45, 7) is 1.85. The zero-order valence-corrected chi connectivity index (χ0v) is 11.6. The summed E-state index contributed by atoms with van der Waals surface area (Å²) in [6.07, 6.45) is 0. The second kappa shape index (κ2) is 4.63. The number of amides is 1. The molecule has 0 radical (unpaired) electrons. The Morgan fingerprint density at radius 1 is 1.53 bits per heavy atom. The third-order valence-electron chi connectivity index (χ3n) is 2.66. The van der Waals surface area contributed by atoms with E-state index in [-0.39, 0.29) is 11.9 Å². The van der Waals surface area contributed by atoms with Crippen molar-refractivity contribution >= 4 is 43.9 Å². The zero-order chi connectivity index (χ0) is 13.4. The summed E-state index contributed by atoms with van der Waals surface area (Å²) in [6, 6.07) is 3.57. The van der Waals surface area contributed by atoms with Gasteiger partial charge in [-0.2, -0.15) is 0 Å². The van der Waals surface area contributed by atoms with E-state index in [1.165, 1.54) is 11.3 Å². The molecule has 0 aliphatic rings. The van der Waals surface area contributed by atoms with Gasteiger partial charge in [0.2, 0.25) is 5.13 Å². The number of nitrogens with zero attached hydrogens (tertiary/aromatic N) is 2.